The van der Waals surface area contributed by atoms with Crippen molar-refractivity contribution in [3.8, 4) is 0 Å². The Balaban J connectivity index is 2.30. The van der Waals surface area contributed by atoms with E-state index in [0.29, 0.717) is 19.8 Å². The number of aliphatic hydroxyl groups excluding tert-OH is 1. The van der Waals surface area contributed by atoms with Gasteiger partial charge < -0.3 is 9.84 Å². The highest BCUT2D eigenvalue weighted by Gasteiger charge is 2.18. The van der Waals surface area contributed by atoms with Crippen LogP contribution in [0.25, 0.3) is 0 Å². The van der Waals surface area contributed by atoms with E-state index in [0.717, 1.165) is 0 Å². The van der Waals surface area contributed by atoms with Gasteiger partial charge in [0.1, 0.15) is 0 Å². The number of rotatable bonds is 1. The molecule has 0 aromatic heterocycles. The Labute approximate surface area is 54.2 Å². The molecule has 1 aliphatic heterocycles. The Bertz CT molecular complexity index is 89.0. The predicted molar refractivity (Wildman–Crippen MR) is 32.6 cm³/mol. The summed E-state index contributed by atoms with van der Waals surface area (Å²) in [6.45, 7) is 2.02. The summed E-state index contributed by atoms with van der Waals surface area (Å²) in [6, 6.07) is -0.00116. The number of hydrazine groups is 1. The lowest BCUT2D eigenvalue weighted by atomic mass is 10.3. The van der Waals surface area contributed by atoms with Gasteiger partial charge in [-0.1, -0.05) is 0 Å². The summed E-state index contributed by atoms with van der Waals surface area (Å²) in [7, 11) is 0. The quantitative estimate of drug-likeness (QED) is 0.429. The third-order valence-corrected chi connectivity index (χ3v) is 1.48. The van der Waals surface area contributed by atoms with Crippen molar-refractivity contribution >= 4 is 0 Å². The van der Waals surface area contributed by atoms with E-state index in [1.165, 1.54) is 0 Å². The molecule has 1 atom stereocenters. The summed E-state index contributed by atoms with van der Waals surface area (Å²) in [5.74, 6) is 5.48. The van der Waals surface area contributed by atoms with Crippen LogP contribution in [0, 0.1) is 0 Å². The number of nitrogens with two attached hydrogens (primary N) is 1. The zero-order valence-electron chi connectivity index (χ0n) is 5.29. The molecule has 0 spiro atoms. The largest absolute Gasteiger partial charge is 0.395 e. The van der Waals surface area contributed by atoms with Crippen molar-refractivity contribution in [2.45, 2.75) is 6.04 Å². The first-order valence-corrected chi connectivity index (χ1v) is 3.04. The summed E-state index contributed by atoms with van der Waals surface area (Å²) in [5.41, 5.74) is 0. The summed E-state index contributed by atoms with van der Waals surface area (Å²) >= 11 is 0. The monoisotopic (exact) mass is 132 g/mol. The lowest BCUT2D eigenvalue weighted by molar-refractivity contribution is -0.0278. The second-order valence-corrected chi connectivity index (χ2v) is 2.15. The SMILES string of the molecule is NN1CCOC[C@@H]1CO. The molecule has 54 valence electrons. The van der Waals surface area contributed by atoms with Gasteiger partial charge >= 0.3 is 0 Å². The molecule has 0 aliphatic carbocycles. The lowest BCUT2D eigenvalue weighted by Crippen LogP contribution is -2.51. The molecule has 1 heterocycles. The third kappa shape index (κ3) is 1.62. The van der Waals surface area contributed by atoms with Crippen LogP contribution in [0.2, 0.25) is 0 Å². The molecule has 1 saturated heterocycles. The van der Waals surface area contributed by atoms with Gasteiger partial charge in [0.2, 0.25) is 0 Å². The van der Waals surface area contributed by atoms with Gasteiger partial charge in [0.15, 0.2) is 0 Å². The average Bonchev–Trinajstić information content (AvgIpc) is 1.89. The Morgan fingerprint density at radius 1 is 1.78 bits per heavy atom. The maximum Gasteiger partial charge on any atom is 0.0706 e. The van der Waals surface area contributed by atoms with Crippen LogP contribution < -0.4 is 5.84 Å². The smallest absolute Gasteiger partial charge is 0.0706 e. The molecule has 0 radical (unpaired) electrons. The summed E-state index contributed by atoms with van der Waals surface area (Å²) in [6.07, 6.45) is 0. The topological polar surface area (TPSA) is 58.7 Å². The van der Waals surface area contributed by atoms with Gasteiger partial charge in [0.05, 0.1) is 25.9 Å². The van der Waals surface area contributed by atoms with Crippen LogP contribution in [0.15, 0.2) is 0 Å². The predicted octanol–water partition coefficient (Wildman–Crippen LogP) is -1.45. The molecule has 0 unspecified atom stereocenters. The molecule has 0 aromatic carbocycles. The number of ether oxygens (including phenoxy) is 1. The van der Waals surface area contributed by atoms with E-state index in [-0.39, 0.29) is 12.6 Å². The standard InChI is InChI=1S/C5H12N2O2/c6-7-1-2-9-4-5(7)3-8/h5,8H,1-4,6H2/t5-/m0/s1. The zero-order chi connectivity index (χ0) is 6.69. The van der Waals surface area contributed by atoms with Crippen molar-refractivity contribution < 1.29 is 9.84 Å². The summed E-state index contributed by atoms with van der Waals surface area (Å²) in [4.78, 5) is 0. The van der Waals surface area contributed by atoms with Crippen LogP contribution in [-0.4, -0.2) is 42.5 Å². The van der Waals surface area contributed by atoms with Crippen molar-refractivity contribution in [3.63, 3.8) is 0 Å². The second kappa shape index (κ2) is 3.12. The fraction of sp³-hybridized carbons (Fsp3) is 1.00. The molecular formula is C5H12N2O2. The van der Waals surface area contributed by atoms with Crippen LogP contribution >= 0.6 is 0 Å². The Morgan fingerprint density at radius 3 is 3.00 bits per heavy atom. The van der Waals surface area contributed by atoms with Crippen molar-refractivity contribution in [1.82, 2.24) is 5.01 Å². The molecule has 4 heteroatoms. The minimum atomic E-state index is -0.00116. The molecule has 0 amide bonds. The van der Waals surface area contributed by atoms with Crippen molar-refractivity contribution in [3.05, 3.63) is 0 Å². The summed E-state index contributed by atoms with van der Waals surface area (Å²) in [5, 5.41) is 10.3. The molecule has 0 bridgehead atoms. The van der Waals surface area contributed by atoms with Crippen LogP contribution in [0.4, 0.5) is 0 Å². The zero-order valence-corrected chi connectivity index (χ0v) is 5.29. The highest BCUT2D eigenvalue weighted by atomic mass is 16.5. The molecule has 1 aliphatic rings. The molecule has 9 heavy (non-hydrogen) atoms. The normalized spacial score (nSPS) is 30.7. The van der Waals surface area contributed by atoms with Gasteiger partial charge in [0.25, 0.3) is 0 Å². The van der Waals surface area contributed by atoms with E-state index in [1.807, 2.05) is 0 Å². The number of nitrogens with zero attached hydrogens (tertiary/aromatic N) is 1. The van der Waals surface area contributed by atoms with Gasteiger partial charge in [-0.25, -0.2) is 5.01 Å². The lowest BCUT2D eigenvalue weighted by Gasteiger charge is -2.29. The first-order valence-electron chi connectivity index (χ1n) is 3.04. The van der Waals surface area contributed by atoms with Gasteiger partial charge in [-0.15, -0.1) is 0 Å². The minimum Gasteiger partial charge on any atom is -0.395 e. The van der Waals surface area contributed by atoms with E-state index in [4.69, 9.17) is 15.7 Å². The van der Waals surface area contributed by atoms with Gasteiger partial charge in [-0.2, -0.15) is 0 Å². The molecule has 1 fully saturated rings. The number of aliphatic hydroxyl groups is 1. The molecule has 1 rings (SSSR count). The van der Waals surface area contributed by atoms with E-state index >= 15 is 0 Å². The van der Waals surface area contributed by atoms with Crippen LogP contribution in [0.3, 0.4) is 0 Å². The Morgan fingerprint density at radius 2 is 2.56 bits per heavy atom. The number of hydrogen-bond donors (Lipinski definition) is 2. The van der Waals surface area contributed by atoms with E-state index in [2.05, 4.69) is 0 Å². The highest BCUT2D eigenvalue weighted by Crippen LogP contribution is 1.99. The maximum absolute atomic E-state index is 8.66. The third-order valence-electron chi connectivity index (χ3n) is 1.48. The van der Waals surface area contributed by atoms with Crippen LogP contribution in [-0.2, 0) is 4.74 Å². The second-order valence-electron chi connectivity index (χ2n) is 2.15. The van der Waals surface area contributed by atoms with E-state index in [1.54, 1.807) is 5.01 Å². The fourth-order valence-electron chi connectivity index (χ4n) is 0.825. The number of hydrogen-bond acceptors (Lipinski definition) is 4. The first-order chi connectivity index (χ1) is 4.34. The average molecular weight is 132 g/mol. The van der Waals surface area contributed by atoms with Crippen molar-refractivity contribution in [2.24, 2.45) is 5.84 Å². The molecule has 3 N–H and O–H groups in total. The van der Waals surface area contributed by atoms with Gasteiger partial charge in [-0.3, -0.25) is 5.84 Å². The Hall–Kier alpha value is -0.160. The summed E-state index contributed by atoms with van der Waals surface area (Å²) < 4.78 is 5.06. The highest BCUT2D eigenvalue weighted by molar-refractivity contribution is 4.68. The molecular weight excluding hydrogens is 120 g/mol. The first kappa shape index (κ1) is 6.95. The van der Waals surface area contributed by atoms with Gasteiger partial charge in [0, 0.05) is 6.54 Å². The fourth-order valence-corrected chi connectivity index (χ4v) is 0.825. The van der Waals surface area contributed by atoms with Crippen molar-refractivity contribution in [1.29, 1.82) is 0 Å². The van der Waals surface area contributed by atoms with Crippen molar-refractivity contribution in [2.75, 3.05) is 26.4 Å². The molecule has 0 saturated carbocycles. The number of morpholine rings is 1. The van der Waals surface area contributed by atoms with E-state index in [9.17, 15) is 0 Å². The minimum absolute atomic E-state index is 0.00116. The van der Waals surface area contributed by atoms with Gasteiger partial charge in [-0.05, 0) is 0 Å². The molecule has 0 aromatic rings. The van der Waals surface area contributed by atoms with Crippen LogP contribution in [0.1, 0.15) is 0 Å². The van der Waals surface area contributed by atoms with Crippen LogP contribution in [0.5, 0.6) is 0 Å². The molecule has 4 nitrogen and oxygen atoms in total. The Kier molecular flexibility index (Phi) is 2.41. The van der Waals surface area contributed by atoms with E-state index < -0.39 is 0 Å². The maximum atomic E-state index is 8.66.